The van der Waals surface area contributed by atoms with Gasteiger partial charge in [-0.2, -0.15) is 0 Å². The second-order valence-electron chi connectivity index (χ2n) is 4.94. The number of para-hydroxylation sites is 1. The highest BCUT2D eigenvalue weighted by Crippen LogP contribution is 2.11. The summed E-state index contributed by atoms with van der Waals surface area (Å²) in [7, 11) is 0. The number of nitrogens with one attached hydrogen (secondary N) is 1. The molecular formula is C18H19NO4. The number of amides is 1. The Balaban J connectivity index is 1.69. The van der Waals surface area contributed by atoms with Crippen molar-refractivity contribution in [3.63, 3.8) is 0 Å². The zero-order valence-corrected chi connectivity index (χ0v) is 13.0. The Morgan fingerprint density at radius 2 is 1.65 bits per heavy atom. The van der Waals surface area contributed by atoms with Crippen LogP contribution in [0.4, 0.5) is 5.69 Å². The Hall–Kier alpha value is -2.82. The Kier molecular flexibility index (Phi) is 6.17. The molecule has 0 fully saturated rings. The first kappa shape index (κ1) is 16.5. The fraction of sp³-hybridized carbons (Fsp3) is 0.222. The van der Waals surface area contributed by atoms with Gasteiger partial charge in [-0.05, 0) is 29.8 Å². The van der Waals surface area contributed by atoms with Crippen LogP contribution in [0.25, 0.3) is 0 Å². The third kappa shape index (κ3) is 6.22. The van der Waals surface area contributed by atoms with E-state index in [-0.39, 0.29) is 24.9 Å². The number of carbonyl (C=O) groups is 2. The Morgan fingerprint density at radius 1 is 0.957 bits per heavy atom. The van der Waals surface area contributed by atoms with E-state index in [1.54, 1.807) is 24.3 Å². The molecule has 0 bridgehead atoms. The first-order chi connectivity index (χ1) is 11.1. The highest BCUT2D eigenvalue weighted by molar-refractivity contribution is 5.88. The van der Waals surface area contributed by atoms with Gasteiger partial charge >= 0.3 is 5.97 Å². The monoisotopic (exact) mass is 313 g/mol. The number of benzene rings is 2. The molecule has 0 aromatic heterocycles. The van der Waals surface area contributed by atoms with Gasteiger partial charge in [0.15, 0.2) is 0 Å². The minimum atomic E-state index is -0.311. The third-order valence-electron chi connectivity index (χ3n) is 2.98. The fourth-order valence-corrected chi connectivity index (χ4v) is 1.96. The molecule has 2 rings (SSSR count). The maximum atomic E-state index is 11.7. The summed E-state index contributed by atoms with van der Waals surface area (Å²) in [4.78, 5) is 22.7. The predicted molar refractivity (Wildman–Crippen MR) is 87.3 cm³/mol. The molecule has 5 heteroatoms. The van der Waals surface area contributed by atoms with Gasteiger partial charge < -0.3 is 14.8 Å². The molecule has 120 valence electrons. The lowest BCUT2D eigenvalue weighted by molar-refractivity contribution is -0.143. The summed E-state index contributed by atoms with van der Waals surface area (Å²) >= 11 is 0. The molecule has 2 aromatic carbocycles. The average molecular weight is 313 g/mol. The van der Waals surface area contributed by atoms with Crippen LogP contribution in [0.1, 0.15) is 12.5 Å². The van der Waals surface area contributed by atoms with Crippen molar-refractivity contribution in [2.24, 2.45) is 0 Å². The van der Waals surface area contributed by atoms with Gasteiger partial charge in [-0.3, -0.25) is 9.59 Å². The minimum absolute atomic E-state index is 0.129. The molecule has 2 aromatic rings. The van der Waals surface area contributed by atoms with E-state index in [1.165, 1.54) is 6.92 Å². The van der Waals surface area contributed by atoms with Crippen molar-refractivity contribution in [2.75, 3.05) is 18.5 Å². The average Bonchev–Trinajstić information content (AvgIpc) is 2.54. The molecule has 23 heavy (non-hydrogen) atoms. The highest BCUT2D eigenvalue weighted by Gasteiger charge is 2.05. The van der Waals surface area contributed by atoms with Crippen molar-refractivity contribution in [1.82, 2.24) is 0 Å². The van der Waals surface area contributed by atoms with Gasteiger partial charge in [-0.1, -0.05) is 30.3 Å². The summed E-state index contributed by atoms with van der Waals surface area (Å²) in [6.45, 7) is 1.97. The zero-order chi connectivity index (χ0) is 16.5. The standard InChI is InChI=1S/C18H19NO4/c1-14(20)19-16-9-7-15(8-10-16)13-18(21)23-12-11-22-17-5-3-2-4-6-17/h2-10H,11-13H2,1H3,(H,19,20). The van der Waals surface area contributed by atoms with E-state index >= 15 is 0 Å². The van der Waals surface area contributed by atoms with Gasteiger partial charge in [-0.15, -0.1) is 0 Å². The maximum absolute atomic E-state index is 11.7. The van der Waals surface area contributed by atoms with Crippen molar-refractivity contribution >= 4 is 17.6 Å². The van der Waals surface area contributed by atoms with Crippen LogP contribution >= 0.6 is 0 Å². The summed E-state index contributed by atoms with van der Waals surface area (Å²) in [5.41, 5.74) is 1.53. The molecule has 0 aliphatic carbocycles. The number of carbonyl (C=O) groups excluding carboxylic acids is 2. The number of rotatable bonds is 7. The molecule has 0 radical (unpaired) electrons. The molecule has 0 saturated heterocycles. The first-order valence-electron chi connectivity index (χ1n) is 7.33. The molecule has 0 unspecified atom stereocenters. The zero-order valence-electron chi connectivity index (χ0n) is 13.0. The van der Waals surface area contributed by atoms with Gasteiger partial charge in [0.1, 0.15) is 19.0 Å². The lowest BCUT2D eigenvalue weighted by Crippen LogP contribution is -2.14. The molecular weight excluding hydrogens is 294 g/mol. The Morgan fingerprint density at radius 3 is 2.30 bits per heavy atom. The third-order valence-corrected chi connectivity index (χ3v) is 2.98. The normalized spacial score (nSPS) is 9.96. The van der Waals surface area contributed by atoms with Gasteiger partial charge in [-0.25, -0.2) is 0 Å². The molecule has 1 N–H and O–H groups in total. The maximum Gasteiger partial charge on any atom is 0.310 e. The van der Waals surface area contributed by atoms with Crippen molar-refractivity contribution in [2.45, 2.75) is 13.3 Å². The van der Waals surface area contributed by atoms with Gasteiger partial charge in [0.2, 0.25) is 5.91 Å². The molecule has 0 spiro atoms. The van der Waals surface area contributed by atoms with Crippen LogP contribution in [-0.2, 0) is 20.7 Å². The van der Waals surface area contributed by atoms with Crippen LogP contribution in [0.2, 0.25) is 0 Å². The number of anilines is 1. The highest BCUT2D eigenvalue weighted by atomic mass is 16.6. The van der Waals surface area contributed by atoms with Crippen LogP contribution < -0.4 is 10.1 Å². The van der Waals surface area contributed by atoms with Crippen LogP contribution in [0.5, 0.6) is 5.75 Å². The second-order valence-corrected chi connectivity index (χ2v) is 4.94. The second kappa shape index (κ2) is 8.58. The molecule has 1 amide bonds. The van der Waals surface area contributed by atoms with E-state index in [9.17, 15) is 9.59 Å². The van der Waals surface area contributed by atoms with E-state index in [2.05, 4.69) is 5.32 Å². The lowest BCUT2D eigenvalue weighted by atomic mass is 10.1. The number of hydrogen-bond donors (Lipinski definition) is 1. The largest absolute Gasteiger partial charge is 0.490 e. The summed E-state index contributed by atoms with van der Waals surface area (Å²) in [5, 5.41) is 2.67. The molecule has 0 atom stereocenters. The summed E-state index contributed by atoms with van der Waals surface area (Å²) in [6, 6.07) is 16.4. The fourth-order valence-electron chi connectivity index (χ4n) is 1.96. The number of esters is 1. The lowest BCUT2D eigenvalue weighted by Gasteiger charge is -2.08. The topological polar surface area (TPSA) is 64.6 Å². The van der Waals surface area contributed by atoms with Crippen LogP contribution in [0.3, 0.4) is 0 Å². The molecule has 0 heterocycles. The van der Waals surface area contributed by atoms with Crippen molar-refractivity contribution in [3.05, 3.63) is 60.2 Å². The van der Waals surface area contributed by atoms with Gasteiger partial charge in [0.25, 0.3) is 0 Å². The van der Waals surface area contributed by atoms with E-state index in [1.807, 2.05) is 30.3 Å². The van der Waals surface area contributed by atoms with Crippen molar-refractivity contribution in [1.29, 1.82) is 0 Å². The van der Waals surface area contributed by atoms with E-state index in [4.69, 9.17) is 9.47 Å². The number of ether oxygens (including phenoxy) is 2. The van der Waals surface area contributed by atoms with E-state index < -0.39 is 0 Å². The van der Waals surface area contributed by atoms with Gasteiger partial charge in [0, 0.05) is 12.6 Å². The van der Waals surface area contributed by atoms with Crippen LogP contribution in [-0.4, -0.2) is 25.1 Å². The van der Waals surface area contributed by atoms with Crippen LogP contribution in [0.15, 0.2) is 54.6 Å². The van der Waals surface area contributed by atoms with Crippen LogP contribution in [0, 0.1) is 0 Å². The summed E-state index contributed by atoms with van der Waals surface area (Å²) in [6.07, 6.45) is 0.186. The Bertz CT molecular complexity index is 638. The summed E-state index contributed by atoms with van der Waals surface area (Å²) < 4.78 is 10.6. The van der Waals surface area contributed by atoms with E-state index in [0.717, 1.165) is 11.3 Å². The van der Waals surface area contributed by atoms with Crippen molar-refractivity contribution in [3.8, 4) is 5.75 Å². The SMILES string of the molecule is CC(=O)Nc1ccc(CC(=O)OCCOc2ccccc2)cc1. The smallest absolute Gasteiger partial charge is 0.310 e. The predicted octanol–water partition coefficient (Wildman–Crippen LogP) is 2.81. The minimum Gasteiger partial charge on any atom is -0.490 e. The van der Waals surface area contributed by atoms with Crippen molar-refractivity contribution < 1.29 is 19.1 Å². The quantitative estimate of drug-likeness (QED) is 0.630. The molecule has 0 aliphatic heterocycles. The molecule has 5 nitrogen and oxygen atoms in total. The number of hydrogen-bond acceptors (Lipinski definition) is 4. The van der Waals surface area contributed by atoms with E-state index in [0.29, 0.717) is 12.3 Å². The summed E-state index contributed by atoms with van der Waals surface area (Å²) in [5.74, 6) is 0.307. The molecule has 0 saturated carbocycles. The molecule has 0 aliphatic rings. The Labute approximate surface area is 135 Å². The first-order valence-corrected chi connectivity index (χ1v) is 7.33. The van der Waals surface area contributed by atoms with Gasteiger partial charge in [0.05, 0.1) is 6.42 Å².